The molecule has 0 aliphatic carbocycles. The third-order valence-corrected chi connectivity index (χ3v) is 1.90. The van der Waals surface area contributed by atoms with E-state index in [1.54, 1.807) is 12.4 Å². The van der Waals surface area contributed by atoms with E-state index < -0.39 is 0 Å². The van der Waals surface area contributed by atoms with Gasteiger partial charge in [-0.2, -0.15) is 0 Å². The van der Waals surface area contributed by atoms with Gasteiger partial charge in [-0.15, -0.1) is 11.6 Å². The molecule has 0 fully saturated rings. The Bertz CT molecular complexity index is 238. The predicted molar refractivity (Wildman–Crippen MR) is 51.8 cm³/mol. The zero-order valence-corrected chi connectivity index (χ0v) is 8.42. The molecule has 0 bridgehead atoms. The van der Waals surface area contributed by atoms with E-state index >= 15 is 0 Å². The first-order chi connectivity index (χ1) is 6.36. The van der Waals surface area contributed by atoms with Gasteiger partial charge in [0.1, 0.15) is 5.82 Å². The first kappa shape index (κ1) is 10.4. The molecule has 0 N–H and O–H groups in total. The summed E-state index contributed by atoms with van der Waals surface area (Å²) in [5.41, 5.74) is 0.946. The van der Waals surface area contributed by atoms with Gasteiger partial charge < -0.3 is 4.74 Å². The number of aromatic nitrogens is 2. The molecule has 0 aliphatic rings. The minimum absolute atomic E-state index is 0.464. The Morgan fingerprint density at radius 1 is 1.38 bits per heavy atom. The van der Waals surface area contributed by atoms with Crippen LogP contribution < -0.4 is 0 Å². The lowest BCUT2D eigenvalue weighted by Crippen LogP contribution is -2.02. The first-order valence-electron chi connectivity index (χ1n) is 4.30. The zero-order valence-electron chi connectivity index (χ0n) is 7.66. The van der Waals surface area contributed by atoms with Gasteiger partial charge in [-0.1, -0.05) is 0 Å². The summed E-state index contributed by atoms with van der Waals surface area (Å²) < 4.78 is 5.19. The largest absolute Gasteiger partial charge is 0.381 e. The normalized spacial score (nSPS) is 10.3. The van der Waals surface area contributed by atoms with Gasteiger partial charge >= 0.3 is 0 Å². The second-order valence-corrected chi connectivity index (χ2v) is 2.86. The van der Waals surface area contributed by atoms with Crippen molar-refractivity contribution in [3.8, 4) is 0 Å². The van der Waals surface area contributed by atoms with Crippen LogP contribution in [0.5, 0.6) is 0 Å². The summed E-state index contributed by atoms with van der Waals surface area (Å²) in [7, 11) is 0. The van der Waals surface area contributed by atoms with Crippen LogP contribution in [-0.2, 0) is 17.0 Å². The van der Waals surface area contributed by atoms with Crippen LogP contribution in [0, 0.1) is 0 Å². The quantitative estimate of drug-likeness (QED) is 0.537. The Morgan fingerprint density at radius 2 is 2.08 bits per heavy atom. The molecule has 0 radical (unpaired) electrons. The fourth-order valence-corrected chi connectivity index (χ4v) is 1.03. The number of hydrogen-bond donors (Lipinski definition) is 0. The molecule has 72 valence electrons. The zero-order chi connectivity index (χ0) is 9.52. The highest BCUT2D eigenvalue weighted by molar-refractivity contribution is 6.17. The molecule has 0 amide bonds. The van der Waals surface area contributed by atoms with Crippen LogP contribution in [0.25, 0.3) is 0 Å². The number of alkyl halides is 1. The molecular weight excluding hydrogens is 188 g/mol. The van der Waals surface area contributed by atoms with Crippen molar-refractivity contribution in [1.29, 1.82) is 0 Å². The van der Waals surface area contributed by atoms with Gasteiger partial charge in [-0.05, 0) is 6.92 Å². The van der Waals surface area contributed by atoms with Gasteiger partial charge in [-0.3, -0.25) is 0 Å². The van der Waals surface area contributed by atoms with Gasteiger partial charge in [0.15, 0.2) is 0 Å². The fraction of sp³-hybridized carbons (Fsp3) is 0.556. The minimum Gasteiger partial charge on any atom is -0.381 e. The van der Waals surface area contributed by atoms with Crippen LogP contribution in [0.3, 0.4) is 0 Å². The van der Waals surface area contributed by atoms with Crippen molar-refractivity contribution in [2.24, 2.45) is 0 Å². The number of rotatable bonds is 5. The van der Waals surface area contributed by atoms with E-state index in [0.717, 1.165) is 24.4 Å². The van der Waals surface area contributed by atoms with E-state index in [9.17, 15) is 0 Å². The average molecular weight is 201 g/mol. The lowest BCUT2D eigenvalue weighted by atomic mass is 10.3. The standard InChI is InChI=1S/C9H13ClN2O/c1-2-13-4-3-9-11-6-8(5-10)7-12-9/h6-7H,2-5H2,1H3. The Kier molecular flexibility index (Phi) is 4.72. The smallest absolute Gasteiger partial charge is 0.130 e. The van der Waals surface area contributed by atoms with Crippen molar-refractivity contribution in [3.63, 3.8) is 0 Å². The second kappa shape index (κ2) is 5.89. The molecule has 1 rings (SSSR count). The van der Waals surface area contributed by atoms with Crippen molar-refractivity contribution in [2.75, 3.05) is 13.2 Å². The van der Waals surface area contributed by atoms with Crippen LogP contribution >= 0.6 is 11.6 Å². The van der Waals surface area contributed by atoms with Gasteiger partial charge in [0.2, 0.25) is 0 Å². The second-order valence-electron chi connectivity index (χ2n) is 2.59. The molecule has 0 saturated carbocycles. The summed E-state index contributed by atoms with van der Waals surface area (Å²) in [4.78, 5) is 8.29. The van der Waals surface area contributed by atoms with Gasteiger partial charge in [-0.25, -0.2) is 9.97 Å². The van der Waals surface area contributed by atoms with Crippen LogP contribution in [0.15, 0.2) is 12.4 Å². The van der Waals surface area contributed by atoms with Crippen LogP contribution in [0.1, 0.15) is 18.3 Å². The third-order valence-electron chi connectivity index (χ3n) is 1.59. The van der Waals surface area contributed by atoms with Crippen molar-refractivity contribution in [1.82, 2.24) is 9.97 Å². The van der Waals surface area contributed by atoms with Crippen LogP contribution in [0.2, 0.25) is 0 Å². The highest BCUT2D eigenvalue weighted by atomic mass is 35.5. The third kappa shape index (κ3) is 3.70. The molecule has 1 aromatic heterocycles. The Balaban J connectivity index is 2.40. The molecule has 0 unspecified atom stereocenters. The SMILES string of the molecule is CCOCCc1ncc(CCl)cn1. The summed E-state index contributed by atoms with van der Waals surface area (Å²) in [6.07, 6.45) is 4.26. The maximum Gasteiger partial charge on any atom is 0.130 e. The molecule has 1 heterocycles. The van der Waals surface area contributed by atoms with E-state index in [0.29, 0.717) is 12.5 Å². The maximum absolute atomic E-state index is 5.60. The number of nitrogens with zero attached hydrogens (tertiary/aromatic N) is 2. The van der Waals surface area contributed by atoms with Gasteiger partial charge in [0.05, 0.1) is 12.5 Å². The highest BCUT2D eigenvalue weighted by Gasteiger charge is 1.96. The summed E-state index contributed by atoms with van der Waals surface area (Å²) in [6, 6.07) is 0. The molecule has 0 spiro atoms. The van der Waals surface area contributed by atoms with Gasteiger partial charge in [0.25, 0.3) is 0 Å². The van der Waals surface area contributed by atoms with Crippen LogP contribution in [-0.4, -0.2) is 23.2 Å². The van der Waals surface area contributed by atoms with E-state index in [1.165, 1.54) is 0 Å². The van der Waals surface area contributed by atoms with Crippen molar-refractivity contribution < 1.29 is 4.74 Å². The van der Waals surface area contributed by atoms with Crippen molar-refractivity contribution >= 4 is 11.6 Å². The van der Waals surface area contributed by atoms with Gasteiger partial charge in [0, 0.05) is 31.0 Å². The van der Waals surface area contributed by atoms with E-state index in [2.05, 4.69) is 9.97 Å². The van der Waals surface area contributed by atoms with E-state index in [4.69, 9.17) is 16.3 Å². The number of hydrogen-bond acceptors (Lipinski definition) is 3. The summed E-state index contributed by atoms with van der Waals surface area (Å²) in [5, 5.41) is 0. The molecule has 4 heteroatoms. The molecule has 13 heavy (non-hydrogen) atoms. The van der Waals surface area contributed by atoms with Crippen molar-refractivity contribution in [2.45, 2.75) is 19.2 Å². The fourth-order valence-electron chi connectivity index (χ4n) is 0.887. The number of ether oxygens (including phenoxy) is 1. The highest BCUT2D eigenvalue weighted by Crippen LogP contribution is 2.00. The molecule has 3 nitrogen and oxygen atoms in total. The average Bonchev–Trinajstić information content (AvgIpc) is 2.19. The molecule has 0 atom stereocenters. The monoisotopic (exact) mass is 200 g/mol. The maximum atomic E-state index is 5.60. The first-order valence-corrected chi connectivity index (χ1v) is 4.83. The van der Waals surface area contributed by atoms with E-state index in [1.807, 2.05) is 6.92 Å². The predicted octanol–water partition coefficient (Wildman–Crippen LogP) is 1.79. The number of halogens is 1. The van der Waals surface area contributed by atoms with E-state index in [-0.39, 0.29) is 0 Å². The lowest BCUT2D eigenvalue weighted by molar-refractivity contribution is 0.149. The Hall–Kier alpha value is -0.670. The summed E-state index contributed by atoms with van der Waals surface area (Å²) in [5.74, 6) is 1.27. The minimum atomic E-state index is 0.464. The molecule has 0 aliphatic heterocycles. The Labute approximate surface area is 83.1 Å². The topological polar surface area (TPSA) is 35.0 Å². The van der Waals surface area contributed by atoms with Crippen LogP contribution in [0.4, 0.5) is 0 Å². The van der Waals surface area contributed by atoms with Crippen molar-refractivity contribution in [3.05, 3.63) is 23.8 Å². The molecule has 0 aromatic carbocycles. The summed E-state index contributed by atoms with van der Waals surface area (Å²) >= 11 is 5.60. The summed E-state index contributed by atoms with van der Waals surface area (Å²) in [6.45, 7) is 3.38. The molecule has 1 aromatic rings. The molecular formula is C9H13ClN2O. The lowest BCUT2D eigenvalue weighted by Gasteiger charge is -2.00. The molecule has 0 saturated heterocycles. The Morgan fingerprint density at radius 3 is 2.62 bits per heavy atom.